The molecule has 0 aliphatic heterocycles. The Bertz CT molecular complexity index is 594. The molecule has 0 aromatic carbocycles. The van der Waals surface area contributed by atoms with Crippen LogP contribution in [0.5, 0.6) is 0 Å². The summed E-state index contributed by atoms with van der Waals surface area (Å²) in [5.41, 5.74) is -0.604. The molecule has 2 N–H and O–H groups in total. The van der Waals surface area contributed by atoms with Gasteiger partial charge >= 0.3 is 0 Å². The quantitative estimate of drug-likeness (QED) is 0.738. The summed E-state index contributed by atoms with van der Waals surface area (Å²) in [6.07, 6.45) is 2.47. The maximum atomic E-state index is 12.2. The smallest absolute Gasteiger partial charge is 0.248 e. The van der Waals surface area contributed by atoms with Crippen molar-refractivity contribution in [3.8, 4) is 0 Å². The number of likely N-dealkylation sites (N-methyl/N-ethyl adjacent to an activating group) is 2. The van der Waals surface area contributed by atoms with Crippen molar-refractivity contribution in [2.24, 2.45) is 0 Å². The highest BCUT2D eigenvalue weighted by Crippen LogP contribution is 2.09. The number of sulfonamides is 1. The van der Waals surface area contributed by atoms with Crippen LogP contribution in [0.4, 0.5) is 0 Å². The van der Waals surface area contributed by atoms with Gasteiger partial charge in [-0.15, -0.1) is 0 Å². The highest BCUT2D eigenvalue weighted by molar-refractivity contribution is 7.89. The number of aromatic amines is 1. The molecule has 1 amide bonds. The summed E-state index contributed by atoms with van der Waals surface area (Å²) in [7, 11) is -3.97. The number of H-pyrrole nitrogens is 1. The SMILES string of the molecule is CCNC(=O)CN(CC)S(=O)(=O)c1c[nH]ccc1=O. The van der Waals surface area contributed by atoms with E-state index in [-0.39, 0.29) is 18.0 Å². The third kappa shape index (κ3) is 3.65. The minimum absolute atomic E-state index is 0.105. The molecular weight excluding hydrogens is 270 g/mol. The molecule has 0 fully saturated rings. The average molecular weight is 287 g/mol. The number of aromatic nitrogens is 1. The number of carbonyl (C=O) groups excluding carboxylic acids is 1. The van der Waals surface area contributed by atoms with Crippen LogP contribution in [-0.2, 0) is 14.8 Å². The highest BCUT2D eigenvalue weighted by atomic mass is 32.2. The topological polar surface area (TPSA) is 99.3 Å². The van der Waals surface area contributed by atoms with Crippen LogP contribution >= 0.6 is 0 Å². The van der Waals surface area contributed by atoms with Crippen LogP contribution in [0.2, 0.25) is 0 Å². The molecule has 0 radical (unpaired) electrons. The summed E-state index contributed by atoms with van der Waals surface area (Å²) < 4.78 is 25.5. The van der Waals surface area contributed by atoms with E-state index in [1.54, 1.807) is 13.8 Å². The fraction of sp³-hybridized carbons (Fsp3) is 0.455. The maximum absolute atomic E-state index is 12.2. The second-order valence-corrected chi connectivity index (χ2v) is 5.66. The first kappa shape index (κ1) is 15.4. The molecule has 0 bridgehead atoms. The normalized spacial score (nSPS) is 11.5. The van der Waals surface area contributed by atoms with Gasteiger partial charge in [0.25, 0.3) is 0 Å². The second kappa shape index (κ2) is 6.48. The van der Waals surface area contributed by atoms with E-state index in [1.165, 1.54) is 6.20 Å². The van der Waals surface area contributed by atoms with E-state index in [4.69, 9.17) is 0 Å². The third-order valence-corrected chi connectivity index (χ3v) is 4.39. The van der Waals surface area contributed by atoms with Crippen molar-refractivity contribution in [1.82, 2.24) is 14.6 Å². The van der Waals surface area contributed by atoms with Gasteiger partial charge in [0.2, 0.25) is 21.4 Å². The Labute approximate surface area is 111 Å². The average Bonchev–Trinajstić information content (AvgIpc) is 2.36. The maximum Gasteiger partial charge on any atom is 0.248 e. The fourth-order valence-electron chi connectivity index (χ4n) is 1.52. The van der Waals surface area contributed by atoms with E-state index in [9.17, 15) is 18.0 Å². The van der Waals surface area contributed by atoms with Gasteiger partial charge in [-0.1, -0.05) is 6.92 Å². The summed E-state index contributed by atoms with van der Waals surface area (Å²) in [5, 5.41) is 2.52. The minimum Gasteiger partial charge on any atom is -0.366 e. The van der Waals surface area contributed by atoms with Gasteiger partial charge in [-0.2, -0.15) is 4.31 Å². The molecule has 0 saturated carbocycles. The summed E-state index contributed by atoms with van der Waals surface area (Å²) in [6, 6.07) is 1.13. The predicted molar refractivity (Wildman–Crippen MR) is 70.2 cm³/mol. The molecule has 1 rings (SSSR count). The third-order valence-electron chi connectivity index (χ3n) is 2.45. The molecule has 0 saturated heterocycles. The molecule has 7 nitrogen and oxygen atoms in total. The fourth-order valence-corrected chi connectivity index (χ4v) is 2.97. The van der Waals surface area contributed by atoms with Crippen molar-refractivity contribution in [2.45, 2.75) is 18.7 Å². The van der Waals surface area contributed by atoms with Gasteiger partial charge in [0.05, 0.1) is 6.54 Å². The Morgan fingerprint density at radius 1 is 1.42 bits per heavy atom. The van der Waals surface area contributed by atoms with Crippen molar-refractivity contribution in [1.29, 1.82) is 0 Å². The van der Waals surface area contributed by atoms with Crippen molar-refractivity contribution in [2.75, 3.05) is 19.6 Å². The molecule has 1 aromatic heterocycles. The van der Waals surface area contributed by atoms with Crippen LogP contribution in [0.15, 0.2) is 28.2 Å². The highest BCUT2D eigenvalue weighted by Gasteiger charge is 2.27. The lowest BCUT2D eigenvalue weighted by atomic mass is 10.5. The molecule has 1 aromatic rings. The van der Waals surface area contributed by atoms with Gasteiger partial charge in [-0.05, 0) is 6.92 Å². The Balaban J connectivity index is 3.07. The van der Waals surface area contributed by atoms with Crippen molar-refractivity contribution in [3.05, 3.63) is 28.7 Å². The van der Waals surface area contributed by atoms with Crippen LogP contribution in [0.25, 0.3) is 0 Å². The lowest BCUT2D eigenvalue weighted by molar-refractivity contribution is -0.121. The number of amides is 1. The van der Waals surface area contributed by atoms with Gasteiger partial charge in [0.1, 0.15) is 4.90 Å². The Morgan fingerprint density at radius 2 is 2.11 bits per heavy atom. The predicted octanol–water partition coefficient (Wildman–Crippen LogP) is -0.478. The van der Waals surface area contributed by atoms with Crippen molar-refractivity contribution in [3.63, 3.8) is 0 Å². The number of nitrogens with zero attached hydrogens (tertiary/aromatic N) is 1. The summed E-state index contributed by atoms with van der Waals surface area (Å²) in [5.74, 6) is -0.403. The van der Waals surface area contributed by atoms with E-state index in [0.717, 1.165) is 16.6 Å². The molecule has 0 atom stereocenters. The zero-order valence-corrected chi connectivity index (χ0v) is 11.7. The Hall–Kier alpha value is -1.67. The van der Waals surface area contributed by atoms with E-state index >= 15 is 0 Å². The lowest BCUT2D eigenvalue weighted by Crippen LogP contribution is -2.41. The number of carbonyl (C=O) groups is 1. The van der Waals surface area contributed by atoms with Crippen LogP contribution in [0.1, 0.15) is 13.8 Å². The van der Waals surface area contributed by atoms with E-state index in [2.05, 4.69) is 10.3 Å². The second-order valence-electron chi connectivity index (χ2n) is 3.76. The lowest BCUT2D eigenvalue weighted by Gasteiger charge is -2.19. The summed E-state index contributed by atoms with van der Waals surface area (Å²) in [6.45, 7) is 3.57. The van der Waals surface area contributed by atoms with E-state index < -0.39 is 21.4 Å². The van der Waals surface area contributed by atoms with Gasteiger partial charge < -0.3 is 10.3 Å². The minimum atomic E-state index is -3.97. The van der Waals surface area contributed by atoms with Gasteiger partial charge in [-0.25, -0.2) is 8.42 Å². The van der Waals surface area contributed by atoms with Crippen LogP contribution in [0, 0.1) is 0 Å². The number of rotatable bonds is 6. The zero-order valence-electron chi connectivity index (χ0n) is 10.8. The molecule has 0 aliphatic carbocycles. The summed E-state index contributed by atoms with van der Waals surface area (Å²) >= 11 is 0. The molecule has 0 spiro atoms. The van der Waals surface area contributed by atoms with E-state index in [1.807, 2.05) is 0 Å². The number of hydrogen-bond acceptors (Lipinski definition) is 4. The van der Waals surface area contributed by atoms with Crippen LogP contribution < -0.4 is 10.7 Å². The first-order valence-corrected chi connectivity index (χ1v) is 7.31. The molecule has 0 aliphatic rings. The number of nitrogens with one attached hydrogen (secondary N) is 2. The van der Waals surface area contributed by atoms with Crippen LogP contribution in [0.3, 0.4) is 0 Å². The first-order chi connectivity index (χ1) is 8.93. The largest absolute Gasteiger partial charge is 0.366 e. The van der Waals surface area contributed by atoms with Gasteiger partial charge in [0, 0.05) is 31.5 Å². The number of pyridine rings is 1. The first-order valence-electron chi connectivity index (χ1n) is 5.87. The van der Waals surface area contributed by atoms with E-state index in [0.29, 0.717) is 6.54 Å². The van der Waals surface area contributed by atoms with Crippen molar-refractivity contribution >= 4 is 15.9 Å². The van der Waals surface area contributed by atoms with Crippen molar-refractivity contribution < 1.29 is 13.2 Å². The molecule has 1 heterocycles. The molecule has 8 heteroatoms. The molecule has 19 heavy (non-hydrogen) atoms. The Kier molecular flexibility index (Phi) is 5.25. The molecule has 106 valence electrons. The van der Waals surface area contributed by atoms with Gasteiger partial charge in [0.15, 0.2) is 0 Å². The standard InChI is InChI=1S/C11H17N3O4S/c1-3-13-11(16)8-14(4-2)19(17,18)10-7-12-6-5-9(10)15/h5-7H,3-4,8H2,1-2H3,(H,12,15)(H,13,16). The zero-order chi connectivity index (χ0) is 14.5. The van der Waals surface area contributed by atoms with Crippen LogP contribution in [-0.4, -0.2) is 43.2 Å². The van der Waals surface area contributed by atoms with Gasteiger partial charge in [-0.3, -0.25) is 9.59 Å². The number of hydrogen-bond donors (Lipinski definition) is 2. The Morgan fingerprint density at radius 3 is 2.63 bits per heavy atom. The molecular formula is C11H17N3O4S. The molecule has 0 unspecified atom stereocenters. The summed E-state index contributed by atoms with van der Waals surface area (Å²) in [4.78, 5) is 25.2. The monoisotopic (exact) mass is 287 g/mol.